The molecule has 0 saturated carbocycles. The van der Waals surface area contributed by atoms with Crippen LogP contribution < -0.4 is 10.6 Å². The summed E-state index contributed by atoms with van der Waals surface area (Å²) in [6.45, 7) is 1.87. The molecule has 0 radical (unpaired) electrons. The first-order valence-corrected chi connectivity index (χ1v) is 6.18. The Morgan fingerprint density at radius 2 is 1.95 bits per heavy atom. The summed E-state index contributed by atoms with van der Waals surface area (Å²) in [4.78, 5) is 22.8. The third-order valence-corrected chi connectivity index (χ3v) is 2.68. The Balaban J connectivity index is 1.93. The minimum atomic E-state index is -0.164. The molecular weight excluding hydrogens is 256 g/mol. The van der Waals surface area contributed by atoms with Crippen LogP contribution in [0.25, 0.3) is 0 Å². The molecule has 0 unspecified atom stereocenters. The normalized spacial score (nSPS) is 10.1. The second-order valence-electron chi connectivity index (χ2n) is 4.46. The van der Waals surface area contributed by atoms with Gasteiger partial charge in [0.1, 0.15) is 0 Å². The van der Waals surface area contributed by atoms with Gasteiger partial charge in [-0.15, -0.1) is 0 Å². The van der Waals surface area contributed by atoms with Crippen molar-refractivity contribution >= 4 is 17.5 Å². The van der Waals surface area contributed by atoms with Crippen LogP contribution in [0.4, 0.5) is 5.69 Å². The second kappa shape index (κ2) is 6.01. The number of aryl methyl sites for hydroxylation is 1. The summed E-state index contributed by atoms with van der Waals surface area (Å²) in [6, 6.07) is 6.73. The van der Waals surface area contributed by atoms with E-state index in [4.69, 9.17) is 0 Å². The highest BCUT2D eigenvalue weighted by Crippen LogP contribution is 2.09. The number of hydrogen-bond acceptors (Lipinski definition) is 3. The minimum absolute atomic E-state index is 0.140. The molecule has 2 aromatic rings. The highest BCUT2D eigenvalue weighted by atomic mass is 16.2. The van der Waals surface area contributed by atoms with Crippen LogP contribution >= 0.6 is 0 Å². The van der Waals surface area contributed by atoms with Crippen LogP contribution in [0.5, 0.6) is 0 Å². The molecule has 6 nitrogen and oxygen atoms in total. The number of nitrogens with zero attached hydrogens (tertiary/aromatic N) is 2. The predicted octanol–water partition coefficient (Wildman–Crippen LogP) is 1.31. The maximum Gasteiger partial charge on any atom is 0.251 e. The maximum absolute atomic E-state index is 11.9. The SMILES string of the molecule is CC(=O)Nc1ccc(C(=O)NCc2cnn(C)c2)cc1. The van der Waals surface area contributed by atoms with E-state index in [0.717, 1.165) is 5.56 Å². The summed E-state index contributed by atoms with van der Waals surface area (Å²) >= 11 is 0. The van der Waals surface area contributed by atoms with Crippen molar-refractivity contribution in [3.8, 4) is 0 Å². The molecule has 1 heterocycles. The van der Waals surface area contributed by atoms with Crippen LogP contribution in [0.3, 0.4) is 0 Å². The van der Waals surface area contributed by atoms with Gasteiger partial charge in [-0.1, -0.05) is 0 Å². The molecule has 0 fully saturated rings. The molecule has 0 aliphatic carbocycles. The quantitative estimate of drug-likeness (QED) is 0.881. The Kier molecular flexibility index (Phi) is 4.14. The van der Waals surface area contributed by atoms with Crippen LogP contribution in [-0.4, -0.2) is 21.6 Å². The molecule has 1 aromatic heterocycles. The first-order chi connectivity index (χ1) is 9.54. The van der Waals surface area contributed by atoms with Gasteiger partial charge < -0.3 is 10.6 Å². The van der Waals surface area contributed by atoms with Crippen LogP contribution in [-0.2, 0) is 18.4 Å². The van der Waals surface area contributed by atoms with Crippen molar-refractivity contribution in [3.05, 3.63) is 47.8 Å². The minimum Gasteiger partial charge on any atom is -0.348 e. The number of nitrogens with one attached hydrogen (secondary N) is 2. The lowest BCUT2D eigenvalue weighted by atomic mass is 10.2. The lowest BCUT2D eigenvalue weighted by Crippen LogP contribution is -2.22. The Labute approximate surface area is 116 Å². The Bertz CT molecular complexity index is 616. The zero-order valence-electron chi connectivity index (χ0n) is 11.4. The van der Waals surface area contributed by atoms with Crippen molar-refractivity contribution in [1.82, 2.24) is 15.1 Å². The molecule has 0 aliphatic rings. The lowest BCUT2D eigenvalue weighted by Gasteiger charge is -2.05. The summed E-state index contributed by atoms with van der Waals surface area (Å²) in [5, 5.41) is 9.49. The van der Waals surface area contributed by atoms with E-state index >= 15 is 0 Å². The lowest BCUT2D eigenvalue weighted by molar-refractivity contribution is -0.114. The molecule has 2 rings (SSSR count). The van der Waals surface area contributed by atoms with Gasteiger partial charge in [0.25, 0.3) is 5.91 Å². The van der Waals surface area contributed by atoms with Crippen molar-refractivity contribution in [2.75, 3.05) is 5.32 Å². The van der Waals surface area contributed by atoms with E-state index < -0.39 is 0 Å². The van der Waals surface area contributed by atoms with Gasteiger partial charge in [-0.25, -0.2) is 0 Å². The third-order valence-electron chi connectivity index (χ3n) is 2.68. The summed E-state index contributed by atoms with van der Waals surface area (Å²) in [5.74, 6) is -0.304. The van der Waals surface area contributed by atoms with Gasteiger partial charge in [0.15, 0.2) is 0 Å². The topological polar surface area (TPSA) is 76.0 Å². The average molecular weight is 272 g/mol. The molecule has 0 atom stereocenters. The molecule has 2 N–H and O–H groups in total. The fourth-order valence-corrected chi connectivity index (χ4v) is 1.76. The van der Waals surface area contributed by atoms with E-state index in [1.54, 1.807) is 35.1 Å². The first-order valence-electron chi connectivity index (χ1n) is 6.18. The highest BCUT2D eigenvalue weighted by molar-refractivity contribution is 5.95. The smallest absolute Gasteiger partial charge is 0.251 e. The third kappa shape index (κ3) is 3.68. The van der Waals surface area contributed by atoms with Crippen molar-refractivity contribution < 1.29 is 9.59 Å². The Morgan fingerprint density at radius 3 is 2.50 bits per heavy atom. The molecule has 0 aliphatic heterocycles. The van der Waals surface area contributed by atoms with Gasteiger partial charge >= 0.3 is 0 Å². The van der Waals surface area contributed by atoms with Gasteiger partial charge in [0.2, 0.25) is 5.91 Å². The van der Waals surface area contributed by atoms with Crippen molar-refractivity contribution in [1.29, 1.82) is 0 Å². The standard InChI is InChI=1S/C14H16N4O2/c1-10(19)17-13-5-3-12(4-6-13)14(20)15-7-11-8-16-18(2)9-11/h3-6,8-9H,7H2,1-2H3,(H,15,20)(H,17,19). The highest BCUT2D eigenvalue weighted by Gasteiger charge is 2.06. The maximum atomic E-state index is 11.9. The first kappa shape index (κ1) is 13.8. The largest absolute Gasteiger partial charge is 0.348 e. The van der Waals surface area contributed by atoms with E-state index in [0.29, 0.717) is 17.8 Å². The molecule has 20 heavy (non-hydrogen) atoms. The number of aromatic nitrogens is 2. The molecule has 0 bridgehead atoms. The molecule has 0 spiro atoms. The number of anilines is 1. The van der Waals surface area contributed by atoms with Gasteiger partial charge in [-0.3, -0.25) is 14.3 Å². The number of carbonyl (C=O) groups is 2. The summed E-state index contributed by atoms with van der Waals surface area (Å²) in [7, 11) is 1.83. The number of rotatable bonds is 4. The number of amides is 2. The fraction of sp³-hybridized carbons (Fsp3) is 0.214. The predicted molar refractivity (Wildman–Crippen MR) is 75.1 cm³/mol. The zero-order chi connectivity index (χ0) is 14.5. The summed E-state index contributed by atoms with van der Waals surface area (Å²) in [6.07, 6.45) is 3.56. The van der Waals surface area contributed by atoms with Crippen molar-refractivity contribution in [2.24, 2.45) is 7.05 Å². The van der Waals surface area contributed by atoms with E-state index in [2.05, 4.69) is 15.7 Å². The van der Waals surface area contributed by atoms with Crippen molar-refractivity contribution in [2.45, 2.75) is 13.5 Å². The Hall–Kier alpha value is -2.63. The zero-order valence-corrected chi connectivity index (χ0v) is 11.4. The van der Waals surface area contributed by atoms with Gasteiger partial charge in [-0.05, 0) is 24.3 Å². The Morgan fingerprint density at radius 1 is 1.25 bits per heavy atom. The van der Waals surface area contributed by atoms with E-state index in [1.165, 1.54) is 6.92 Å². The number of carbonyl (C=O) groups excluding carboxylic acids is 2. The summed E-state index contributed by atoms with van der Waals surface area (Å²) < 4.78 is 1.68. The molecule has 0 saturated heterocycles. The molecule has 2 amide bonds. The molecule has 1 aromatic carbocycles. The number of hydrogen-bond donors (Lipinski definition) is 2. The van der Waals surface area contributed by atoms with E-state index in [1.807, 2.05) is 13.2 Å². The van der Waals surface area contributed by atoms with Gasteiger partial charge in [-0.2, -0.15) is 5.10 Å². The molecule has 104 valence electrons. The average Bonchev–Trinajstić information content (AvgIpc) is 2.82. The van der Waals surface area contributed by atoms with Gasteiger partial charge in [0, 0.05) is 43.5 Å². The van der Waals surface area contributed by atoms with Crippen LogP contribution in [0.1, 0.15) is 22.8 Å². The van der Waals surface area contributed by atoms with E-state index in [9.17, 15) is 9.59 Å². The monoisotopic (exact) mass is 272 g/mol. The van der Waals surface area contributed by atoms with E-state index in [-0.39, 0.29) is 11.8 Å². The van der Waals surface area contributed by atoms with Crippen LogP contribution in [0, 0.1) is 0 Å². The molecular formula is C14H16N4O2. The van der Waals surface area contributed by atoms with Crippen LogP contribution in [0.15, 0.2) is 36.7 Å². The van der Waals surface area contributed by atoms with Crippen LogP contribution in [0.2, 0.25) is 0 Å². The summed E-state index contributed by atoms with van der Waals surface area (Å²) in [5.41, 5.74) is 2.15. The fourth-order valence-electron chi connectivity index (χ4n) is 1.76. The number of benzene rings is 1. The molecule has 6 heteroatoms. The van der Waals surface area contributed by atoms with Crippen molar-refractivity contribution in [3.63, 3.8) is 0 Å². The second-order valence-corrected chi connectivity index (χ2v) is 4.46. The van der Waals surface area contributed by atoms with Gasteiger partial charge in [0.05, 0.1) is 6.20 Å².